The summed E-state index contributed by atoms with van der Waals surface area (Å²) >= 11 is 1.44. The van der Waals surface area contributed by atoms with Crippen LogP contribution < -0.4 is 10.2 Å². The fraction of sp³-hybridized carbons (Fsp3) is 0.321. The topological polar surface area (TPSA) is 86.0 Å². The largest absolute Gasteiger partial charge is 0.508 e. The molecule has 202 valence electrons. The van der Waals surface area contributed by atoms with Gasteiger partial charge in [-0.1, -0.05) is 12.1 Å². The molecule has 2 fully saturated rings. The van der Waals surface area contributed by atoms with E-state index in [9.17, 15) is 18.7 Å². The Hall–Kier alpha value is -3.70. The number of thioether (sulfide) groups is 1. The van der Waals surface area contributed by atoms with E-state index in [0.717, 1.165) is 10.5 Å². The summed E-state index contributed by atoms with van der Waals surface area (Å²) in [5.41, 5.74) is 2.51. The Labute approximate surface area is 228 Å². The SMILES string of the molecule is CSc1cc(F)cc([C@H]2C[C@H](F)CN2c2ccc3ncc(C(=O)NC4CN(Cc5cccc(O)c5)C4)n3n2)c1. The van der Waals surface area contributed by atoms with E-state index >= 15 is 0 Å². The zero-order chi connectivity index (χ0) is 27.1. The quantitative estimate of drug-likeness (QED) is 0.334. The number of imidazole rings is 1. The first-order valence-corrected chi connectivity index (χ1v) is 14.0. The summed E-state index contributed by atoms with van der Waals surface area (Å²) in [4.78, 5) is 22.2. The van der Waals surface area contributed by atoms with Crippen LogP contribution in [-0.4, -0.2) is 68.6 Å². The summed E-state index contributed by atoms with van der Waals surface area (Å²) in [5.74, 6) is 0.0914. The lowest BCUT2D eigenvalue weighted by Crippen LogP contribution is -2.58. The molecule has 6 rings (SSSR count). The molecule has 0 aliphatic carbocycles. The zero-order valence-corrected chi connectivity index (χ0v) is 22.1. The van der Waals surface area contributed by atoms with Crippen molar-refractivity contribution in [1.29, 1.82) is 0 Å². The number of aromatic nitrogens is 3. The van der Waals surface area contributed by atoms with Crippen molar-refractivity contribution in [3.63, 3.8) is 0 Å². The molecule has 8 nitrogen and oxygen atoms in total. The Bertz CT molecular complexity index is 1530. The number of phenols is 1. The lowest BCUT2D eigenvalue weighted by Gasteiger charge is -2.39. The van der Waals surface area contributed by atoms with Crippen molar-refractivity contribution < 1.29 is 18.7 Å². The fourth-order valence-corrected chi connectivity index (χ4v) is 5.87. The van der Waals surface area contributed by atoms with Crippen LogP contribution in [0.15, 0.2) is 65.7 Å². The minimum absolute atomic E-state index is 0.0163. The second kappa shape index (κ2) is 10.5. The van der Waals surface area contributed by atoms with Gasteiger partial charge in [-0.2, -0.15) is 0 Å². The number of hydrogen-bond donors (Lipinski definition) is 2. The van der Waals surface area contributed by atoms with Crippen LogP contribution in [0.3, 0.4) is 0 Å². The normalized spacial score (nSPS) is 19.9. The maximum atomic E-state index is 14.6. The standard InChI is InChI=1S/C28H28F2N6O2S/c1-39-23-9-18(8-19(29)10-23)24-11-20(30)14-35(24)27-6-5-26-31-12-25(36(26)33-27)28(38)32-21-15-34(16-21)13-17-3-2-4-22(37)7-17/h2-10,12,20-21,24,37H,11,13-16H2,1H3,(H,32,38)/t20-,24+/m0/s1. The summed E-state index contributed by atoms with van der Waals surface area (Å²) in [6.07, 6.45) is 2.51. The highest BCUT2D eigenvalue weighted by Gasteiger charge is 2.35. The number of nitrogens with zero attached hydrogens (tertiary/aromatic N) is 5. The average molecular weight is 551 g/mol. The van der Waals surface area contributed by atoms with E-state index in [1.807, 2.05) is 29.4 Å². The van der Waals surface area contributed by atoms with Crippen molar-refractivity contribution in [2.75, 3.05) is 30.8 Å². The summed E-state index contributed by atoms with van der Waals surface area (Å²) in [5, 5.41) is 17.4. The number of nitrogens with one attached hydrogen (secondary N) is 1. The predicted octanol–water partition coefficient (Wildman–Crippen LogP) is 4.20. The number of hydrogen-bond acceptors (Lipinski definition) is 7. The van der Waals surface area contributed by atoms with Gasteiger partial charge >= 0.3 is 0 Å². The van der Waals surface area contributed by atoms with Crippen molar-refractivity contribution in [2.24, 2.45) is 0 Å². The number of carbonyl (C=O) groups is 1. The highest BCUT2D eigenvalue weighted by atomic mass is 32.2. The van der Waals surface area contributed by atoms with Gasteiger partial charge in [-0.3, -0.25) is 9.69 Å². The molecule has 0 radical (unpaired) electrons. The van der Waals surface area contributed by atoms with Crippen LogP contribution in [0.25, 0.3) is 5.65 Å². The number of fused-ring (bicyclic) bond motifs is 1. The van der Waals surface area contributed by atoms with Crippen LogP contribution in [0.4, 0.5) is 14.6 Å². The summed E-state index contributed by atoms with van der Waals surface area (Å²) < 4.78 is 30.4. The van der Waals surface area contributed by atoms with Crippen molar-refractivity contribution in [1.82, 2.24) is 24.8 Å². The van der Waals surface area contributed by atoms with Crippen molar-refractivity contribution >= 4 is 29.1 Å². The molecule has 1 amide bonds. The van der Waals surface area contributed by atoms with E-state index in [4.69, 9.17) is 0 Å². The first-order chi connectivity index (χ1) is 18.9. The van der Waals surface area contributed by atoms with Gasteiger partial charge in [0.05, 0.1) is 24.8 Å². The number of carbonyl (C=O) groups excluding carboxylic acids is 1. The number of alkyl halides is 1. The fourth-order valence-electron chi connectivity index (χ4n) is 5.38. The Morgan fingerprint density at radius 3 is 2.79 bits per heavy atom. The number of phenolic OH excluding ortho intramolecular Hbond substituents is 1. The van der Waals surface area contributed by atoms with Crippen LogP contribution in [0, 0.1) is 5.82 Å². The Morgan fingerprint density at radius 1 is 1.15 bits per heavy atom. The molecule has 11 heteroatoms. The molecule has 2 saturated heterocycles. The molecule has 0 saturated carbocycles. The van der Waals surface area contributed by atoms with Crippen molar-refractivity contribution in [3.05, 3.63) is 83.4 Å². The number of anilines is 1. The molecule has 2 N–H and O–H groups in total. The van der Waals surface area contributed by atoms with Gasteiger partial charge in [0, 0.05) is 31.0 Å². The molecule has 39 heavy (non-hydrogen) atoms. The van der Waals surface area contributed by atoms with Crippen LogP contribution in [0.2, 0.25) is 0 Å². The van der Waals surface area contributed by atoms with Crippen LogP contribution in [-0.2, 0) is 6.54 Å². The molecule has 2 aromatic heterocycles. The Kier molecular flexibility index (Phi) is 6.86. The number of likely N-dealkylation sites (tertiary alicyclic amines) is 1. The van der Waals surface area contributed by atoms with E-state index in [-0.39, 0.29) is 42.5 Å². The minimum Gasteiger partial charge on any atom is -0.508 e. The molecular formula is C28H28F2N6O2S. The molecule has 2 atom stereocenters. The highest BCUT2D eigenvalue weighted by Crippen LogP contribution is 2.38. The van der Waals surface area contributed by atoms with Gasteiger partial charge in [-0.25, -0.2) is 18.3 Å². The van der Waals surface area contributed by atoms with E-state index in [1.54, 1.807) is 24.3 Å². The first kappa shape index (κ1) is 25.6. The molecule has 4 aromatic rings. The smallest absolute Gasteiger partial charge is 0.271 e. The van der Waals surface area contributed by atoms with E-state index < -0.39 is 6.17 Å². The lowest BCUT2D eigenvalue weighted by molar-refractivity contribution is 0.0789. The third-order valence-corrected chi connectivity index (χ3v) is 7.96. The highest BCUT2D eigenvalue weighted by molar-refractivity contribution is 7.98. The predicted molar refractivity (Wildman–Crippen MR) is 145 cm³/mol. The maximum absolute atomic E-state index is 14.6. The molecule has 2 aliphatic rings. The lowest BCUT2D eigenvalue weighted by atomic mass is 10.0. The summed E-state index contributed by atoms with van der Waals surface area (Å²) in [7, 11) is 0. The Morgan fingerprint density at radius 2 is 2.00 bits per heavy atom. The van der Waals surface area contributed by atoms with E-state index in [0.29, 0.717) is 42.4 Å². The first-order valence-electron chi connectivity index (χ1n) is 12.8. The van der Waals surface area contributed by atoms with Gasteiger partial charge in [-0.15, -0.1) is 16.9 Å². The molecule has 0 spiro atoms. The number of amides is 1. The second-order valence-electron chi connectivity index (χ2n) is 10.1. The molecule has 4 heterocycles. The minimum atomic E-state index is -1.08. The van der Waals surface area contributed by atoms with Gasteiger partial charge in [-0.05, 0) is 59.8 Å². The van der Waals surface area contributed by atoms with Gasteiger partial charge in [0.2, 0.25) is 0 Å². The number of aromatic hydroxyl groups is 1. The third-order valence-electron chi connectivity index (χ3n) is 7.25. The number of benzene rings is 2. The molecule has 2 aliphatic heterocycles. The van der Waals surface area contributed by atoms with E-state index in [2.05, 4.69) is 20.3 Å². The van der Waals surface area contributed by atoms with Crippen LogP contribution in [0.5, 0.6) is 5.75 Å². The van der Waals surface area contributed by atoms with Crippen molar-refractivity contribution in [3.8, 4) is 5.75 Å². The molecular weight excluding hydrogens is 522 g/mol. The molecule has 2 aromatic carbocycles. The van der Waals surface area contributed by atoms with Gasteiger partial charge < -0.3 is 15.3 Å². The zero-order valence-electron chi connectivity index (χ0n) is 21.3. The number of halogens is 2. The Balaban J connectivity index is 1.17. The van der Waals surface area contributed by atoms with Gasteiger partial charge in [0.15, 0.2) is 11.3 Å². The van der Waals surface area contributed by atoms with Gasteiger partial charge in [0.25, 0.3) is 5.91 Å². The van der Waals surface area contributed by atoms with Gasteiger partial charge in [0.1, 0.15) is 23.6 Å². The molecule has 0 unspecified atom stereocenters. The van der Waals surface area contributed by atoms with Crippen molar-refractivity contribution in [2.45, 2.75) is 36.1 Å². The molecule has 0 bridgehead atoms. The number of rotatable bonds is 7. The monoisotopic (exact) mass is 550 g/mol. The summed E-state index contributed by atoms with van der Waals surface area (Å²) in [6, 6.07) is 15.1. The van der Waals surface area contributed by atoms with Crippen LogP contribution >= 0.6 is 11.8 Å². The van der Waals surface area contributed by atoms with E-state index in [1.165, 1.54) is 34.6 Å². The second-order valence-corrected chi connectivity index (χ2v) is 10.9. The van der Waals surface area contributed by atoms with Crippen LogP contribution in [0.1, 0.15) is 34.1 Å². The third kappa shape index (κ3) is 5.28. The summed E-state index contributed by atoms with van der Waals surface area (Å²) in [6.45, 7) is 2.20. The maximum Gasteiger partial charge on any atom is 0.271 e. The average Bonchev–Trinajstić information content (AvgIpc) is 3.50.